The molecule has 0 radical (unpaired) electrons. The Morgan fingerprint density at radius 3 is 2.41 bits per heavy atom. The van der Waals surface area contributed by atoms with Crippen LogP contribution in [0, 0.1) is 0 Å². The van der Waals surface area contributed by atoms with Crippen molar-refractivity contribution in [2.45, 2.75) is 37.9 Å². The number of anilines is 1. The third kappa shape index (κ3) is 3.67. The highest BCUT2D eigenvalue weighted by atomic mass is 32.2. The van der Waals surface area contributed by atoms with E-state index in [0.29, 0.717) is 0 Å². The van der Waals surface area contributed by atoms with Crippen LogP contribution in [0.5, 0.6) is 0 Å². The van der Waals surface area contributed by atoms with E-state index >= 15 is 0 Å². The molecular formula is C15H23NS. The van der Waals surface area contributed by atoms with Crippen LogP contribution < -0.4 is 4.90 Å². The topological polar surface area (TPSA) is 3.24 Å². The molecule has 0 N–H and O–H groups in total. The van der Waals surface area contributed by atoms with E-state index in [4.69, 9.17) is 0 Å². The Balaban J connectivity index is 1.88. The third-order valence-corrected chi connectivity index (χ3v) is 4.69. The molecule has 2 rings (SSSR count). The maximum Gasteiger partial charge on any atom is 0.0366 e. The Hall–Kier alpha value is -0.630. The summed E-state index contributed by atoms with van der Waals surface area (Å²) in [7, 11) is 0. The predicted octanol–water partition coefficient (Wildman–Crippen LogP) is 3.97. The van der Waals surface area contributed by atoms with Crippen LogP contribution >= 0.6 is 11.8 Å². The smallest absolute Gasteiger partial charge is 0.0366 e. The molecule has 17 heavy (non-hydrogen) atoms. The van der Waals surface area contributed by atoms with Crippen molar-refractivity contribution in [3.8, 4) is 0 Å². The molecule has 0 aliphatic carbocycles. The molecule has 0 spiro atoms. The molecule has 0 aromatic heterocycles. The zero-order valence-electron chi connectivity index (χ0n) is 11.0. The molecule has 1 aliphatic rings. The highest BCUT2D eigenvalue weighted by Crippen LogP contribution is 2.21. The van der Waals surface area contributed by atoms with E-state index in [1.807, 2.05) is 11.8 Å². The van der Waals surface area contributed by atoms with Crippen LogP contribution in [0.1, 0.15) is 31.7 Å². The van der Waals surface area contributed by atoms with E-state index in [2.05, 4.69) is 42.3 Å². The number of benzene rings is 1. The number of rotatable bonds is 5. The minimum Gasteiger partial charge on any atom is -0.372 e. The summed E-state index contributed by atoms with van der Waals surface area (Å²) < 4.78 is 0. The molecule has 0 bridgehead atoms. The lowest BCUT2D eigenvalue weighted by Gasteiger charge is -2.17. The summed E-state index contributed by atoms with van der Waals surface area (Å²) in [6.07, 6.45) is 7.40. The lowest BCUT2D eigenvalue weighted by Crippen LogP contribution is -2.17. The molecule has 1 aromatic carbocycles. The van der Waals surface area contributed by atoms with Crippen molar-refractivity contribution in [1.82, 2.24) is 0 Å². The van der Waals surface area contributed by atoms with Crippen molar-refractivity contribution in [2.75, 3.05) is 24.2 Å². The first kappa shape index (κ1) is 12.8. The second-order valence-corrected chi connectivity index (χ2v) is 6.22. The zero-order chi connectivity index (χ0) is 12.1. The Morgan fingerprint density at radius 1 is 1.18 bits per heavy atom. The van der Waals surface area contributed by atoms with Gasteiger partial charge in [-0.2, -0.15) is 11.8 Å². The Bertz CT molecular complexity index is 327. The van der Waals surface area contributed by atoms with Crippen molar-refractivity contribution >= 4 is 17.4 Å². The van der Waals surface area contributed by atoms with Crippen LogP contribution in [0.2, 0.25) is 0 Å². The summed E-state index contributed by atoms with van der Waals surface area (Å²) >= 11 is 1.96. The normalized spacial score (nSPS) is 17.4. The predicted molar refractivity (Wildman–Crippen MR) is 79.2 cm³/mol. The lowest BCUT2D eigenvalue weighted by molar-refractivity contribution is 0.812. The number of thioether (sulfide) groups is 1. The van der Waals surface area contributed by atoms with Crippen LogP contribution in [0.15, 0.2) is 24.3 Å². The fourth-order valence-corrected chi connectivity index (χ4v) is 2.69. The van der Waals surface area contributed by atoms with E-state index in [9.17, 15) is 0 Å². The van der Waals surface area contributed by atoms with E-state index in [-0.39, 0.29) is 0 Å². The van der Waals surface area contributed by atoms with Crippen LogP contribution in [-0.2, 0) is 6.42 Å². The number of hydrogen-bond acceptors (Lipinski definition) is 2. The van der Waals surface area contributed by atoms with Crippen molar-refractivity contribution < 1.29 is 0 Å². The van der Waals surface area contributed by atoms with Crippen LogP contribution in [0.3, 0.4) is 0 Å². The molecule has 1 saturated heterocycles. The molecular weight excluding hydrogens is 226 g/mol. The van der Waals surface area contributed by atoms with Crippen LogP contribution in [0.4, 0.5) is 5.69 Å². The molecule has 94 valence electrons. The first-order chi connectivity index (χ1) is 8.29. The SMILES string of the molecule is CSC(C)CCc1ccc(N2CCCC2)cc1. The second kappa shape index (κ2) is 6.34. The molecule has 1 unspecified atom stereocenters. The van der Waals surface area contributed by atoms with Crippen molar-refractivity contribution in [2.24, 2.45) is 0 Å². The highest BCUT2D eigenvalue weighted by Gasteiger charge is 2.11. The average Bonchev–Trinajstić information content (AvgIpc) is 2.90. The summed E-state index contributed by atoms with van der Waals surface area (Å²) in [6, 6.07) is 9.20. The van der Waals surface area contributed by atoms with Crippen LogP contribution in [-0.4, -0.2) is 24.6 Å². The highest BCUT2D eigenvalue weighted by molar-refractivity contribution is 7.99. The molecule has 1 aliphatic heterocycles. The van der Waals surface area contributed by atoms with E-state index in [0.717, 1.165) is 5.25 Å². The van der Waals surface area contributed by atoms with Gasteiger partial charge in [-0.1, -0.05) is 19.1 Å². The fourth-order valence-electron chi connectivity index (χ4n) is 2.34. The van der Waals surface area contributed by atoms with Gasteiger partial charge < -0.3 is 4.90 Å². The fraction of sp³-hybridized carbons (Fsp3) is 0.600. The monoisotopic (exact) mass is 249 g/mol. The maximum absolute atomic E-state index is 2.49. The first-order valence-corrected chi connectivity index (χ1v) is 7.95. The van der Waals surface area contributed by atoms with Gasteiger partial charge in [-0.05, 0) is 49.6 Å². The maximum atomic E-state index is 2.49. The summed E-state index contributed by atoms with van der Waals surface area (Å²) in [5.41, 5.74) is 2.89. The Kier molecular flexibility index (Phi) is 4.78. The largest absolute Gasteiger partial charge is 0.372 e. The van der Waals surface area contributed by atoms with E-state index < -0.39 is 0 Å². The number of nitrogens with zero attached hydrogens (tertiary/aromatic N) is 1. The molecule has 0 saturated carbocycles. The molecule has 1 nitrogen and oxygen atoms in total. The van der Waals surface area contributed by atoms with Gasteiger partial charge in [-0.15, -0.1) is 0 Å². The lowest BCUT2D eigenvalue weighted by atomic mass is 10.1. The quantitative estimate of drug-likeness (QED) is 0.777. The standard InChI is InChI=1S/C15H23NS/c1-13(17-2)5-6-14-7-9-15(10-8-14)16-11-3-4-12-16/h7-10,13H,3-6,11-12H2,1-2H3. The van der Waals surface area contributed by atoms with E-state index in [1.165, 1.54) is 50.0 Å². The number of hydrogen-bond donors (Lipinski definition) is 0. The zero-order valence-corrected chi connectivity index (χ0v) is 11.8. The Morgan fingerprint density at radius 2 is 1.82 bits per heavy atom. The van der Waals surface area contributed by atoms with Gasteiger partial charge in [0.2, 0.25) is 0 Å². The van der Waals surface area contributed by atoms with Gasteiger partial charge in [0.05, 0.1) is 0 Å². The van der Waals surface area contributed by atoms with Gasteiger partial charge in [0.1, 0.15) is 0 Å². The van der Waals surface area contributed by atoms with Gasteiger partial charge in [0.15, 0.2) is 0 Å². The molecule has 0 amide bonds. The molecule has 1 aromatic rings. The summed E-state index contributed by atoms with van der Waals surface area (Å²) in [6.45, 7) is 4.79. The number of aryl methyl sites for hydroxylation is 1. The minimum absolute atomic E-state index is 0.772. The molecule has 1 atom stereocenters. The van der Waals surface area contributed by atoms with Gasteiger partial charge in [0, 0.05) is 24.0 Å². The third-order valence-electron chi connectivity index (χ3n) is 3.65. The molecule has 2 heteroatoms. The second-order valence-electron chi connectivity index (χ2n) is 4.95. The minimum atomic E-state index is 0.772. The van der Waals surface area contributed by atoms with Gasteiger partial charge >= 0.3 is 0 Å². The van der Waals surface area contributed by atoms with Gasteiger partial charge in [-0.25, -0.2) is 0 Å². The summed E-state index contributed by atoms with van der Waals surface area (Å²) in [4.78, 5) is 2.49. The first-order valence-electron chi connectivity index (χ1n) is 6.66. The van der Waals surface area contributed by atoms with E-state index in [1.54, 1.807) is 0 Å². The van der Waals surface area contributed by atoms with Gasteiger partial charge in [-0.3, -0.25) is 0 Å². The van der Waals surface area contributed by atoms with Crippen molar-refractivity contribution in [1.29, 1.82) is 0 Å². The van der Waals surface area contributed by atoms with Crippen molar-refractivity contribution in [3.05, 3.63) is 29.8 Å². The average molecular weight is 249 g/mol. The van der Waals surface area contributed by atoms with Crippen LogP contribution in [0.25, 0.3) is 0 Å². The summed E-state index contributed by atoms with van der Waals surface area (Å²) in [5.74, 6) is 0. The van der Waals surface area contributed by atoms with Gasteiger partial charge in [0.25, 0.3) is 0 Å². The molecule has 1 heterocycles. The van der Waals surface area contributed by atoms with Crippen molar-refractivity contribution in [3.63, 3.8) is 0 Å². The Labute approximate surface area is 110 Å². The molecule has 1 fully saturated rings. The summed E-state index contributed by atoms with van der Waals surface area (Å²) in [5, 5.41) is 0.772.